The van der Waals surface area contributed by atoms with E-state index in [0.717, 1.165) is 28.2 Å². The Bertz CT molecular complexity index is 3120. The Hall–Kier alpha value is -7.24. The average Bonchev–Trinajstić information content (AvgIpc) is 3.21. The number of pyridine rings is 2. The maximum absolute atomic E-state index is 14.8. The van der Waals surface area contributed by atoms with Crippen LogP contribution >= 0.6 is 0 Å². The number of fused-ring (bicyclic) bond motifs is 5. The summed E-state index contributed by atoms with van der Waals surface area (Å²) < 4.78 is 8.31. The van der Waals surface area contributed by atoms with E-state index in [2.05, 4.69) is 88.2 Å². The number of aromatic nitrogens is 1. The fourth-order valence-electron chi connectivity index (χ4n) is 7.78. The summed E-state index contributed by atoms with van der Waals surface area (Å²) in [6.07, 6.45) is 0. The van der Waals surface area contributed by atoms with Crippen molar-refractivity contribution in [1.82, 2.24) is 4.40 Å². The van der Waals surface area contributed by atoms with Gasteiger partial charge in [0.1, 0.15) is 11.5 Å². The molecular weight excluding hydrogens is 653 g/mol. The molecule has 0 atom stereocenters. The molecule has 0 fully saturated rings. The lowest BCUT2D eigenvalue weighted by molar-refractivity contribution is 0.483. The lowest BCUT2D eigenvalue weighted by Crippen LogP contribution is -2.17. The van der Waals surface area contributed by atoms with Crippen molar-refractivity contribution < 1.29 is 4.74 Å². The fraction of sp³-hybridized carbons (Fsp3) is 0. The number of nitrogens with zero attached hydrogens (tertiary/aromatic N) is 2. The van der Waals surface area contributed by atoms with Crippen LogP contribution < -0.4 is 20.5 Å². The number of hydrogen-bond acceptors (Lipinski definition) is 4. The van der Waals surface area contributed by atoms with Crippen LogP contribution in [0.3, 0.4) is 0 Å². The third kappa shape index (κ3) is 4.94. The van der Waals surface area contributed by atoms with E-state index in [1.807, 2.05) is 91.0 Å². The Balaban J connectivity index is 1.23. The molecule has 2 heterocycles. The smallest absolute Gasteiger partial charge is 0.199 e. The van der Waals surface area contributed by atoms with Gasteiger partial charge in [0.2, 0.25) is 0 Å². The molecule has 8 aromatic carbocycles. The topological polar surface area (TPSA) is 51.0 Å². The Morgan fingerprint density at radius 1 is 0.453 bits per heavy atom. The summed E-state index contributed by atoms with van der Waals surface area (Å²) >= 11 is 0. The molecule has 250 valence electrons. The van der Waals surface area contributed by atoms with Crippen molar-refractivity contribution in [3.05, 3.63) is 202 Å². The van der Waals surface area contributed by atoms with Gasteiger partial charge in [0.05, 0.1) is 27.6 Å². The summed E-state index contributed by atoms with van der Waals surface area (Å²) in [5.41, 5.74) is 6.54. The minimum Gasteiger partial charge on any atom is -0.457 e. The van der Waals surface area contributed by atoms with Crippen molar-refractivity contribution in [3.8, 4) is 22.6 Å². The van der Waals surface area contributed by atoms with Crippen LogP contribution in [-0.4, -0.2) is 4.40 Å². The van der Waals surface area contributed by atoms with Gasteiger partial charge in [-0.25, -0.2) is 0 Å². The van der Waals surface area contributed by atoms with Crippen LogP contribution in [0.5, 0.6) is 11.5 Å². The molecule has 5 nitrogen and oxygen atoms in total. The second-order valence-electron chi connectivity index (χ2n) is 13.2. The predicted octanol–water partition coefficient (Wildman–Crippen LogP) is 11.6. The summed E-state index contributed by atoms with van der Waals surface area (Å²) in [4.78, 5) is 31.0. The molecule has 0 unspecified atom stereocenters. The van der Waals surface area contributed by atoms with E-state index in [4.69, 9.17) is 4.74 Å². The zero-order chi connectivity index (χ0) is 35.5. The molecular formula is C48H30N2O3. The SMILES string of the molecule is O=c1c2ccc(Oc3ccccc3)cc2n2c3cccc(N(c4ccccc4)c4ccc(-c5cccc6ccccc56)cc4)c3c(=O)c3cccc1c32. The van der Waals surface area contributed by atoms with Gasteiger partial charge in [0, 0.05) is 33.6 Å². The highest BCUT2D eigenvalue weighted by Gasteiger charge is 2.23. The van der Waals surface area contributed by atoms with Crippen molar-refractivity contribution >= 4 is 65.9 Å². The Kier molecular flexibility index (Phi) is 7.05. The van der Waals surface area contributed by atoms with Gasteiger partial charge in [-0.2, -0.15) is 0 Å². The lowest BCUT2D eigenvalue weighted by Gasteiger charge is -2.27. The first-order chi connectivity index (χ1) is 26.1. The number of rotatable bonds is 6. The number of ether oxygens (including phenoxy) is 1. The lowest BCUT2D eigenvalue weighted by atomic mass is 9.98. The molecule has 0 amide bonds. The first-order valence-corrected chi connectivity index (χ1v) is 17.6. The van der Waals surface area contributed by atoms with Crippen molar-refractivity contribution in [2.75, 3.05) is 4.90 Å². The van der Waals surface area contributed by atoms with Crippen LogP contribution in [-0.2, 0) is 0 Å². The third-order valence-corrected chi connectivity index (χ3v) is 10.2. The fourth-order valence-corrected chi connectivity index (χ4v) is 7.78. The van der Waals surface area contributed by atoms with Crippen molar-refractivity contribution in [3.63, 3.8) is 0 Å². The summed E-state index contributed by atoms with van der Waals surface area (Å²) in [6.45, 7) is 0. The van der Waals surface area contributed by atoms with Crippen LogP contribution in [0.25, 0.3) is 60.0 Å². The van der Waals surface area contributed by atoms with Gasteiger partial charge in [-0.3, -0.25) is 9.59 Å². The Morgan fingerprint density at radius 2 is 1.09 bits per heavy atom. The zero-order valence-corrected chi connectivity index (χ0v) is 28.4. The summed E-state index contributed by atoms with van der Waals surface area (Å²) in [5.74, 6) is 1.28. The van der Waals surface area contributed by atoms with E-state index < -0.39 is 0 Å². The predicted molar refractivity (Wildman–Crippen MR) is 218 cm³/mol. The quantitative estimate of drug-likeness (QED) is 0.129. The molecule has 0 saturated heterocycles. The minimum absolute atomic E-state index is 0.121. The molecule has 0 aliphatic heterocycles. The van der Waals surface area contributed by atoms with Gasteiger partial charge < -0.3 is 14.0 Å². The van der Waals surface area contributed by atoms with E-state index in [1.54, 1.807) is 12.1 Å². The summed E-state index contributed by atoms with van der Waals surface area (Å²) in [5, 5.41) is 4.47. The number of para-hydroxylation sites is 3. The van der Waals surface area contributed by atoms with Crippen LogP contribution in [0.1, 0.15) is 0 Å². The largest absolute Gasteiger partial charge is 0.457 e. The third-order valence-electron chi connectivity index (χ3n) is 10.2. The second-order valence-corrected chi connectivity index (χ2v) is 13.2. The molecule has 5 heteroatoms. The first-order valence-electron chi connectivity index (χ1n) is 17.6. The van der Waals surface area contributed by atoms with E-state index in [9.17, 15) is 9.59 Å². The van der Waals surface area contributed by atoms with Crippen molar-refractivity contribution in [2.45, 2.75) is 0 Å². The zero-order valence-electron chi connectivity index (χ0n) is 28.4. The number of anilines is 3. The van der Waals surface area contributed by atoms with Gasteiger partial charge in [0.25, 0.3) is 0 Å². The van der Waals surface area contributed by atoms with E-state index in [1.165, 1.54) is 10.8 Å². The highest BCUT2D eigenvalue weighted by Crippen LogP contribution is 2.40. The van der Waals surface area contributed by atoms with Crippen molar-refractivity contribution in [2.24, 2.45) is 0 Å². The number of hydrogen-bond donors (Lipinski definition) is 0. The van der Waals surface area contributed by atoms with E-state index >= 15 is 0 Å². The monoisotopic (exact) mass is 682 g/mol. The molecule has 0 radical (unpaired) electrons. The Labute approximate surface area is 304 Å². The molecule has 0 N–H and O–H groups in total. The molecule has 0 aliphatic carbocycles. The summed E-state index contributed by atoms with van der Waals surface area (Å²) in [7, 11) is 0. The second kappa shape index (κ2) is 12.2. The van der Waals surface area contributed by atoms with Gasteiger partial charge >= 0.3 is 0 Å². The van der Waals surface area contributed by atoms with Crippen molar-refractivity contribution in [1.29, 1.82) is 0 Å². The standard InChI is InChI=1S/C48H30N2O3/c51-47-39-29-28-36(53-35-16-5-2-6-17-35)30-44(39)50-43-23-11-22-42(45(43)48(52)41-21-10-20-40(47)46(41)50)49(33-14-3-1-4-15-33)34-26-24-32(25-27-34)38-19-9-13-31-12-7-8-18-37(31)38/h1-30H. The molecule has 10 rings (SSSR count). The van der Waals surface area contributed by atoms with Gasteiger partial charge in [-0.15, -0.1) is 0 Å². The first kappa shape index (κ1) is 30.6. The maximum Gasteiger partial charge on any atom is 0.199 e. The summed E-state index contributed by atoms with van der Waals surface area (Å²) in [6, 6.07) is 59.9. The number of benzene rings is 8. The van der Waals surface area contributed by atoms with Gasteiger partial charge in [0.15, 0.2) is 10.9 Å². The average molecular weight is 683 g/mol. The molecule has 0 saturated carbocycles. The molecule has 0 aliphatic rings. The molecule has 0 spiro atoms. The molecule has 0 bridgehead atoms. The highest BCUT2D eigenvalue weighted by molar-refractivity contribution is 6.11. The van der Waals surface area contributed by atoms with Crippen LogP contribution in [0.4, 0.5) is 17.1 Å². The molecule has 10 aromatic rings. The van der Waals surface area contributed by atoms with Crippen LogP contribution in [0.2, 0.25) is 0 Å². The molecule has 53 heavy (non-hydrogen) atoms. The van der Waals surface area contributed by atoms with Crippen LogP contribution in [0, 0.1) is 0 Å². The maximum atomic E-state index is 14.8. The van der Waals surface area contributed by atoms with E-state index in [-0.39, 0.29) is 10.9 Å². The Morgan fingerprint density at radius 3 is 1.91 bits per heavy atom. The van der Waals surface area contributed by atoms with Gasteiger partial charge in [-0.1, -0.05) is 103 Å². The highest BCUT2D eigenvalue weighted by atomic mass is 16.5. The molecule has 2 aromatic heterocycles. The normalized spacial score (nSPS) is 11.5. The van der Waals surface area contributed by atoms with E-state index in [0.29, 0.717) is 49.6 Å². The minimum atomic E-state index is -0.134. The van der Waals surface area contributed by atoms with Crippen LogP contribution in [0.15, 0.2) is 192 Å². The van der Waals surface area contributed by atoms with Gasteiger partial charge in [-0.05, 0) is 94.7 Å².